The molecule has 19 heavy (non-hydrogen) atoms. The van der Waals surface area contributed by atoms with Gasteiger partial charge in [-0.3, -0.25) is 9.78 Å². The number of rotatable bonds is 4. The molecule has 1 N–H and O–H groups in total. The Bertz CT molecular complexity index is 408. The molecule has 1 aromatic heterocycles. The Balaban J connectivity index is 0.00000180. The Morgan fingerprint density at radius 1 is 1.37 bits per heavy atom. The van der Waals surface area contributed by atoms with Crippen LogP contribution < -0.4 is 5.32 Å². The molecule has 2 heterocycles. The van der Waals surface area contributed by atoms with E-state index in [2.05, 4.69) is 17.2 Å². The number of amides is 1. The monoisotopic (exact) mass is 283 g/mol. The number of hydrogen-bond acceptors (Lipinski definition) is 3. The predicted molar refractivity (Wildman–Crippen MR) is 78.2 cm³/mol. The highest BCUT2D eigenvalue weighted by atomic mass is 35.5. The lowest BCUT2D eigenvalue weighted by Gasteiger charge is -2.35. The average molecular weight is 284 g/mol. The summed E-state index contributed by atoms with van der Waals surface area (Å²) < 4.78 is 0. The maximum Gasteiger partial charge on any atom is 0.226 e. The molecule has 1 saturated heterocycles. The van der Waals surface area contributed by atoms with Gasteiger partial charge in [0.05, 0.1) is 6.04 Å². The molecular formula is C14H22ClN3O. The zero-order chi connectivity index (χ0) is 13.1. The molecule has 4 nitrogen and oxygen atoms in total. The Labute approximate surface area is 121 Å². The first kappa shape index (κ1) is 15.9. The van der Waals surface area contributed by atoms with E-state index in [-0.39, 0.29) is 30.3 Å². The van der Waals surface area contributed by atoms with Gasteiger partial charge < -0.3 is 10.2 Å². The van der Waals surface area contributed by atoms with Gasteiger partial charge in [-0.05, 0) is 43.6 Å². The summed E-state index contributed by atoms with van der Waals surface area (Å²) in [6, 6.07) is 4.02. The van der Waals surface area contributed by atoms with Crippen molar-refractivity contribution in [3.8, 4) is 0 Å². The first-order valence-electron chi connectivity index (χ1n) is 6.48. The van der Waals surface area contributed by atoms with Crippen molar-refractivity contribution in [3.05, 3.63) is 30.1 Å². The summed E-state index contributed by atoms with van der Waals surface area (Å²) in [6.07, 6.45) is 3.53. The molecular weight excluding hydrogens is 262 g/mol. The van der Waals surface area contributed by atoms with Gasteiger partial charge in [0.1, 0.15) is 0 Å². The number of pyridine rings is 1. The third kappa shape index (κ3) is 3.45. The molecule has 2 atom stereocenters. The van der Waals surface area contributed by atoms with E-state index in [1.807, 2.05) is 31.0 Å². The molecule has 1 fully saturated rings. The topological polar surface area (TPSA) is 45.2 Å². The van der Waals surface area contributed by atoms with E-state index >= 15 is 0 Å². The molecule has 1 aliphatic heterocycles. The predicted octanol–water partition coefficient (Wildman–Crippen LogP) is 1.88. The Morgan fingerprint density at radius 2 is 1.95 bits per heavy atom. The molecule has 2 rings (SSSR count). The molecule has 1 aromatic rings. The minimum absolute atomic E-state index is 0. The summed E-state index contributed by atoms with van der Waals surface area (Å²) >= 11 is 0. The van der Waals surface area contributed by atoms with Crippen LogP contribution in [0.3, 0.4) is 0 Å². The van der Waals surface area contributed by atoms with Crippen LogP contribution in [0.15, 0.2) is 24.5 Å². The van der Waals surface area contributed by atoms with Crippen molar-refractivity contribution in [2.75, 3.05) is 20.1 Å². The van der Waals surface area contributed by atoms with Crippen molar-refractivity contribution in [1.29, 1.82) is 0 Å². The highest BCUT2D eigenvalue weighted by molar-refractivity contribution is 5.85. The number of hydrogen-bond donors (Lipinski definition) is 1. The summed E-state index contributed by atoms with van der Waals surface area (Å²) in [6.45, 7) is 6.01. The van der Waals surface area contributed by atoms with Gasteiger partial charge in [-0.25, -0.2) is 0 Å². The van der Waals surface area contributed by atoms with Gasteiger partial charge in [0, 0.05) is 25.4 Å². The van der Waals surface area contributed by atoms with Crippen LogP contribution in [0.25, 0.3) is 0 Å². The first-order chi connectivity index (χ1) is 8.61. The second-order valence-electron chi connectivity index (χ2n) is 5.11. The van der Waals surface area contributed by atoms with Gasteiger partial charge in [0.15, 0.2) is 0 Å². The number of carbonyl (C=O) groups excluding carboxylic acids is 1. The Hall–Kier alpha value is -1.13. The zero-order valence-corrected chi connectivity index (χ0v) is 12.5. The Kier molecular flexibility index (Phi) is 5.76. The average Bonchev–Trinajstić information content (AvgIpc) is 2.35. The maximum atomic E-state index is 12.4. The van der Waals surface area contributed by atoms with Gasteiger partial charge in [-0.2, -0.15) is 0 Å². The third-order valence-electron chi connectivity index (χ3n) is 4.03. The number of nitrogens with one attached hydrogen (secondary N) is 1. The van der Waals surface area contributed by atoms with Gasteiger partial charge in [0.2, 0.25) is 5.91 Å². The summed E-state index contributed by atoms with van der Waals surface area (Å²) in [5, 5.41) is 3.22. The Morgan fingerprint density at radius 3 is 2.42 bits per heavy atom. The van der Waals surface area contributed by atoms with E-state index in [0.29, 0.717) is 5.92 Å². The van der Waals surface area contributed by atoms with Crippen LogP contribution >= 0.6 is 12.4 Å². The van der Waals surface area contributed by atoms with Crippen LogP contribution in [0.5, 0.6) is 0 Å². The van der Waals surface area contributed by atoms with Crippen LogP contribution in [-0.2, 0) is 4.79 Å². The van der Waals surface area contributed by atoms with Crippen molar-refractivity contribution < 1.29 is 4.79 Å². The van der Waals surface area contributed by atoms with Crippen LogP contribution in [0.2, 0.25) is 0 Å². The lowest BCUT2D eigenvalue weighted by atomic mass is 9.87. The second kappa shape index (κ2) is 6.87. The van der Waals surface area contributed by atoms with Crippen molar-refractivity contribution in [3.63, 3.8) is 0 Å². The summed E-state index contributed by atoms with van der Waals surface area (Å²) in [5.41, 5.74) is 1.12. The maximum absolute atomic E-state index is 12.4. The molecule has 0 aliphatic carbocycles. The normalized spacial score (nSPS) is 17.8. The number of nitrogens with zero attached hydrogens (tertiary/aromatic N) is 2. The van der Waals surface area contributed by atoms with E-state index in [9.17, 15) is 4.79 Å². The van der Waals surface area contributed by atoms with E-state index in [4.69, 9.17) is 0 Å². The van der Waals surface area contributed by atoms with Crippen LogP contribution in [0.4, 0.5) is 0 Å². The third-order valence-corrected chi connectivity index (χ3v) is 4.03. The fraction of sp³-hybridized carbons (Fsp3) is 0.571. The zero-order valence-electron chi connectivity index (χ0n) is 11.7. The molecule has 1 aliphatic rings. The lowest BCUT2D eigenvalue weighted by Crippen LogP contribution is -2.50. The molecule has 0 aromatic carbocycles. The van der Waals surface area contributed by atoms with E-state index in [1.54, 1.807) is 12.4 Å². The summed E-state index contributed by atoms with van der Waals surface area (Å²) in [5.74, 6) is 0.816. The standard InChI is InChI=1S/C14H21N3O.ClH/c1-10(13-8-16-9-13)14(18)17(3)11(2)12-4-6-15-7-5-12;/h4-7,10-11,13,16H,8-9H2,1-3H3;1H. The van der Waals surface area contributed by atoms with Crippen LogP contribution in [0, 0.1) is 11.8 Å². The molecule has 5 heteroatoms. The van der Waals surface area contributed by atoms with Gasteiger partial charge >= 0.3 is 0 Å². The lowest BCUT2D eigenvalue weighted by molar-refractivity contribution is -0.138. The highest BCUT2D eigenvalue weighted by Gasteiger charge is 2.31. The molecule has 0 saturated carbocycles. The number of halogens is 1. The van der Waals surface area contributed by atoms with E-state index in [1.165, 1.54) is 0 Å². The minimum Gasteiger partial charge on any atom is -0.339 e. The first-order valence-corrected chi connectivity index (χ1v) is 6.48. The molecule has 1 amide bonds. The summed E-state index contributed by atoms with van der Waals surface area (Å²) in [7, 11) is 1.88. The quantitative estimate of drug-likeness (QED) is 0.918. The summed E-state index contributed by atoms with van der Waals surface area (Å²) in [4.78, 5) is 18.2. The van der Waals surface area contributed by atoms with Crippen LogP contribution in [0.1, 0.15) is 25.5 Å². The van der Waals surface area contributed by atoms with E-state index < -0.39 is 0 Å². The number of aromatic nitrogens is 1. The molecule has 0 radical (unpaired) electrons. The van der Waals surface area contributed by atoms with Gasteiger partial charge in [0.25, 0.3) is 0 Å². The van der Waals surface area contributed by atoms with Crippen molar-refractivity contribution >= 4 is 18.3 Å². The fourth-order valence-electron chi connectivity index (χ4n) is 2.24. The van der Waals surface area contributed by atoms with Crippen LogP contribution in [-0.4, -0.2) is 35.9 Å². The van der Waals surface area contributed by atoms with Crippen molar-refractivity contribution in [1.82, 2.24) is 15.2 Å². The molecule has 106 valence electrons. The van der Waals surface area contributed by atoms with E-state index in [0.717, 1.165) is 18.7 Å². The van der Waals surface area contributed by atoms with Gasteiger partial charge in [-0.15, -0.1) is 12.4 Å². The van der Waals surface area contributed by atoms with Crippen molar-refractivity contribution in [2.24, 2.45) is 11.8 Å². The molecule has 0 bridgehead atoms. The molecule has 0 spiro atoms. The molecule has 2 unspecified atom stereocenters. The minimum atomic E-state index is 0. The number of carbonyl (C=O) groups is 1. The fourth-order valence-corrected chi connectivity index (χ4v) is 2.24. The van der Waals surface area contributed by atoms with Gasteiger partial charge in [-0.1, -0.05) is 6.92 Å². The van der Waals surface area contributed by atoms with Crippen molar-refractivity contribution in [2.45, 2.75) is 19.9 Å². The second-order valence-corrected chi connectivity index (χ2v) is 5.11. The largest absolute Gasteiger partial charge is 0.339 e. The highest BCUT2D eigenvalue weighted by Crippen LogP contribution is 2.24. The SMILES string of the molecule is CC(C(=O)N(C)C(C)c1ccncc1)C1CNC1.Cl. The smallest absolute Gasteiger partial charge is 0.226 e.